The predicted molar refractivity (Wildman–Crippen MR) is 66.7 cm³/mol. The number of hydrogen-bond donors (Lipinski definition) is 1. The lowest BCUT2D eigenvalue weighted by atomic mass is 10.0. The van der Waals surface area contributed by atoms with Crippen LogP contribution in [0, 0.1) is 0 Å². The molecular formula is C13H26N2O. The Morgan fingerprint density at radius 2 is 2.19 bits per heavy atom. The molecule has 2 aliphatic rings. The largest absolute Gasteiger partial charge is 0.378 e. The van der Waals surface area contributed by atoms with Gasteiger partial charge in [-0.25, -0.2) is 0 Å². The second-order valence-corrected chi connectivity index (χ2v) is 5.17. The Balaban J connectivity index is 1.72. The van der Waals surface area contributed by atoms with Crippen molar-refractivity contribution < 1.29 is 4.74 Å². The Bertz CT molecular complexity index is 190. The number of piperidine rings is 1. The van der Waals surface area contributed by atoms with Gasteiger partial charge in [0.1, 0.15) is 0 Å². The van der Waals surface area contributed by atoms with Gasteiger partial charge in [-0.15, -0.1) is 0 Å². The molecular weight excluding hydrogens is 200 g/mol. The molecule has 3 nitrogen and oxygen atoms in total. The lowest BCUT2D eigenvalue weighted by Gasteiger charge is -2.36. The summed E-state index contributed by atoms with van der Waals surface area (Å²) in [6, 6.07) is 0.764. The van der Waals surface area contributed by atoms with Crippen molar-refractivity contribution in [3.8, 4) is 0 Å². The molecule has 3 heteroatoms. The van der Waals surface area contributed by atoms with Gasteiger partial charge in [0.2, 0.25) is 0 Å². The Morgan fingerprint density at radius 1 is 1.25 bits per heavy atom. The van der Waals surface area contributed by atoms with Crippen LogP contribution in [-0.4, -0.2) is 50.3 Å². The smallest absolute Gasteiger partial charge is 0.0588 e. The molecule has 0 radical (unpaired) electrons. The average Bonchev–Trinajstić information content (AvgIpc) is 2.81. The molecule has 2 rings (SSSR count). The summed E-state index contributed by atoms with van der Waals surface area (Å²) in [5.74, 6) is 0. The van der Waals surface area contributed by atoms with E-state index in [1.165, 1.54) is 51.6 Å². The van der Waals surface area contributed by atoms with Gasteiger partial charge in [0, 0.05) is 25.7 Å². The highest BCUT2D eigenvalue weighted by Gasteiger charge is 2.23. The molecule has 0 amide bonds. The van der Waals surface area contributed by atoms with Gasteiger partial charge in [-0.3, -0.25) is 4.90 Å². The van der Waals surface area contributed by atoms with E-state index in [0.29, 0.717) is 6.10 Å². The first-order valence-electron chi connectivity index (χ1n) is 6.90. The minimum atomic E-state index is 0.553. The summed E-state index contributed by atoms with van der Waals surface area (Å²) in [5, 5.41) is 3.32. The molecule has 0 bridgehead atoms. The Morgan fingerprint density at radius 3 is 2.94 bits per heavy atom. The summed E-state index contributed by atoms with van der Waals surface area (Å²) in [7, 11) is 2.06. The van der Waals surface area contributed by atoms with Crippen molar-refractivity contribution in [3.63, 3.8) is 0 Å². The molecule has 2 heterocycles. The van der Waals surface area contributed by atoms with Crippen LogP contribution in [0.4, 0.5) is 0 Å². The molecule has 0 spiro atoms. The van der Waals surface area contributed by atoms with Crippen molar-refractivity contribution in [3.05, 3.63) is 0 Å². The fourth-order valence-corrected chi connectivity index (χ4v) is 3.00. The maximum absolute atomic E-state index is 5.70. The molecule has 2 unspecified atom stereocenters. The van der Waals surface area contributed by atoms with E-state index < -0.39 is 0 Å². The second kappa shape index (κ2) is 6.58. The molecule has 0 aromatic carbocycles. The quantitative estimate of drug-likeness (QED) is 0.771. The van der Waals surface area contributed by atoms with Crippen LogP contribution in [0.3, 0.4) is 0 Å². The maximum Gasteiger partial charge on any atom is 0.0588 e. The van der Waals surface area contributed by atoms with Crippen molar-refractivity contribution in [1.29, 1.82) is 0 Å². The standard InChI is InChI=1S/C13H26N2O/c1-14-11-12-5-2-3-8-15(12)9-7-13-6-4-10-16-13/h12-14H,2-11H2,1H3. The molecule has 0 aliphatic carbocycles. The zero-order chi connectivity index (χ0) is 11.2. The van der Waals surface area contributed by atoms with Crippen LogP contribution in [0.2, 0.25) is 0 Å². The molecule has 0 aromatic rings. The number of nitrogens with zero attached hydrogens (tertiary/aromatic N) is 1. The number of likely N-dealkylation sites (tertiary alicyclic amines) is 1. The van der Waals surface area contributed by atoms with Crippen LogP contribution >= 0.6 is 0 Å². The summed E-state index contributed by atoms with van der Waals surface area (Å²) < 4.78 is 5.70. The van der Waals surface area contributed by atoms with Crippen LogP contribution < -0.4 is 5.32 Å². The van der Waals surface area contributed by atoms with Crippen molar-refractivity contribution in [2.75, 3.05) is 33.3 Å². The fourth-order valence-electron chi connectivity index (χ4n) is 3.00. The van der Waals surface area contributed by atoms with Gasteiger partial charge in [-0.1, -0.05) is 6.42 Å². The maximum atomic E-state index is 5.70. The van der Waals surface area contributed by atoms with Crippen molar-refractivity contribution in [2.45, 2.75) is 50.7 Å². The van der Waals surface area contributed by atoms with E-state index in [-0.39, 0.29) is 0 Å². The van der Waals surface area contributed by atoms with Crippen LogP contribution in [-0.2, 0) is 4.74 Å². The fraction of sp³-hybridized carbons (Fsp3) is 1.00. The van der Waals surface area contributed by atoms with Crippen molar-refractivity contribution >= 4 is 0 Å². The number of rotatable bonds is 5. The van der Waals surface area contributed by atoms with E-state index in [9.17, 15) is 0 Å². The van der Waals surface area contributed by atoms with E-state index in [1.54, 1.807) is 0 Å². The summed E-state index contributed by atoms with van der Waals surface area (Å²) >= 11 is 0. The van der Waals surface area contributed by atoms with Gasteiger partial charge < -0.3 is 10.1 Å². The number of nitrogens with one attached hydrogen (secondary N) is 1. The highest BCUT2D eigenvalue weighted by Crippen LogP contribution is 2.20. The zero-order valence-corrected chi connectivity index (χ0v) is 10.6. The summed E-state index contributed by atoms with van der Waals surface area (Å²) in [6.07, 6.45) is 8.49. The normalized spacial score (nSPS) is 32.1. The van der Waals surface area contributed by atoms with Gasteiger partial charge in [-0.05, 0) is 45.7 Å². The lowest BCUT2D eigenvalue weighted by Crippen LogP contribution is -2.45. The zero-order valence-electron chi connectivity index (χ0n) is 10.6. The average molecular weight is 226 g/mol. The monoisotopic (exact) mass is 226 g/mol. The molecule has 2 atom stereocenters. The molecule has 2 fully saturated rings. The number of ether oxygens (including phenoxy) is 1. The van der Waals surface area contributed by atoms with Gasteiger partial charge in [0.15, 0.2) is 0 Å². The highest BCUT2D eigenvalue weighted by atomic mass is 16.5. The number of hydrogen-bond acceptors (Lipinski definition) is 3. The van der Waals surface area contributed by atoms with E-state index in [4.69, 9.17) is 4.74 Å². The van der Waals surface area contributed by atoms with Crippen LogP contribution in [0.1, 0.15) is 38.5 Å². The molecule has 0 saturated carbocycles. The first-order valence-corrected chi connectivity index (χ1v) is 6.90. The van der Waals surface area contributed by atoms with Crippen LogP contribution in [0.25, 0.3) is 0 Å². The SMILES string of the molecule is CNCC1CCCCN1CCC1CCCO1. The van der Waals surface area contributed by atoms with Gasteiger partial charge in [-0.2, -0.15) is 0 Å². The second-order valence-electron chi connectivity index (χ2n) is 5.17. The summed E-state index contributed by atoms with van der Waals surface area (Å²) in [6.45, 7) is 4.66. The Hall–Kier alpha value is -0.120. The Kier molecular flexibility index (Phi) is 5.07. The van der Waals surface area contributed by atoms with E-state index in [1.807, 2.05) is 0 Å². The van der Waals surface area contributed by atoms with E-state index >= 15 is 0 Å². The molecule has 94 valence electrons. The molecule has 2 aliphatic heterocycles. The van der Waals surface area contributed by atoms with Crippen molar-refractivity contribution in [2.24, 2.45) is 0 Å². The first-order chi connectivity index (χ1) is 7.90. The number of likely N-dealkylation sites (N-methyl/N-ethyl adjacent to an activating group) is 1. The Labute approximate surface area is 99.5 Å². The van der Waals surface area contributed by atoms with E-state index in [2.05, 4.69) is 17.3 Å². The van der Waals surface area contributed by atoms with Gasteiger partial charge in [0.25, 0.3) is 0 Å². The van der Waals surface area contributed by atoms with Gasteiger partial charge in [0.05, 0.1) is 6.10 Å². The minimum Gasteiger partial charge on any atom is -0.378 e. The van der Waals surface area contributed by atoms with Gasteiger partial charge >= 0.3 is 0 Å². The summed E-state index contributed by atoms with van der Waals surface area (Å²) in [4.78, 5) is 2.67. The summed E-state index contributed by atoms with van der Waals surface area (Å²) in [5.41, 5.74) is 0. The molecule has 1 N–H and O–H groups in total. The lowest BCUT2D eigenvalue weighted by molar-refractivity contribution is 0.0755. The third-order valence-electron chi connectivity index (χ3n) is 3.95. The molecule has 0 aromatic heterocycles. The third kappa shape index (κ3) is 3.44. The first kappa shape index (κ1) is 12.3. The van der Waals surface area contributed by atoms with Crippen LogP contribution in [0.15, 0.2) is 0 Å². The third-order valence-corrected chi connectivity index (χ3v) is 3.95. The topological polar surface area (TPSA) is 24.5 Å². The van der Waals surface area contributed by atoms with Crippen LogP contribution in [0.5, 0.6) is 0 Å². The van der Waals surface area contributed by atoms with Crippen molar-refractivity contribution in [1.82, 2.24) is 10.2 Å². The minimum absolute atomic E-state index is 0.553. The highest BCUT2D eigenvalue weighted by molar-refractivity contribution is 4.79. The molecule has 16 heavy (non-hydrogen) atoms. The van der Waals surface area contributed by atoms with E-state index in [0.717, 1.165) is 19.2 Å². The predicted octanol–water partition coefficient (Wildman–Crippen LogP) is 1.63. The molecule has 2 saturated heterocycles.